The fourth-order valence-electron chi connectivity index (χ4n) is 2.01. The minimum absolute atomic E-state index is 0.00809. The fourth-order valence-corrected chi connectivity index (χ4v) is 2.28. The molecular weight excluding hydrogens is 332 g/mol. The summed E-state index contributed by atoms with van der Waals surface area (Å²) < 4.78 is 6.32. The molecule has 0 fully saturated rings. The Kier molecular flexibility index (Phi) is 5.59. The van der Waals surface area contributed by atoms with E-state index in [1.165, 1.54) is 0 Å². The molecule has 2 N–H and O–H groups in total. The van der Waals surface area contributed by atoms with Crippen molar-refractivity contribution in [1.29, 1.82) is 0 Å². The van der Waals surface area contributed by atoms with Crippen LogP contribution in [0.3, 0.4) is 0 Å². The summed E-state index contributed by atoms with van der Waals surface area (Å²) in [6.45, 7) is 4.18. The normalized spacial score (nSPS) is 13.7. The van der Waals surface area contributed by atoms with E-state index in [1.807, 2.05) is 50.2 Å². The number of carbonyl (C=O) groups is 1. The topological polar surface area (TPSA) is 54.3 Å². The summed E-state index contributed by atoms with van der Waals surface area (Å²) in [4.78, 5) is 12.0. The van der Waals surface area contributed by atoms with Crippen molar-refractivity contribution in [3.8, 4) is 0 Å². The monoisotopic (exact) mass is 350 g/mol. The maximum absolute atomic E-state index is 12.0. The van der Waals surface area contributed by atoms with Crippen molar-refractivity contribution < 1.29 is 9.21 Å². The molecule has 0 saturated heterocycles. The Balaban J connectivity index is 1.80. The average molecular weight is 351 g/mol. The molecule has 0 saturated carbocycles. The predicted octanol–water partition coefficient (Wildman–Crippen LogP) is 3.57. The quantitative estimate of drug-likeness (QED) is 0.837. The van der Waals surface area contributed by atoms with Gasteiger partial charge in [-0.15, -0.1) is 0 Å². The Morgan fingerprint density at radius 2 is 1.90 bits per heavy atom. The molecule has 0 aliphatic rings. The first-order chi connectivity index (χ1) is 10.1. The van der Waals surface area contributed by atoms with Gasteiger partial charge in [-0.1, -0.05) is 28.1 Å². The van der Waals surface area contributed by atoms with Gasteiger partial charge in [0.2, 0.25) is 5.91 Å². The number of benzene rings is 1. The number of rotatable bonds is 6. The van der Waals surface area contributed by atoms with Crippen LogP contribution in [0.1, 0.15) is 37.3 Å². The second-order valence-electron chi connectivity index (χ2n) is 4.96. The Hall–Kier alpha value is -1.59. The third kappa shape index (κ3) is 4.72. The number of halogens is 1. The highest BCUT2D eigenvalue weighted by atomic mass is 79.9. The van der Waals surface area contributed by atoms with Crippen LogP contribution < -0.4 is 10.6 Å². The molecule has 2 aromatic rings. The van der Waals surface area contributed by atoms with Crippen molar-refractivity contribution in [2.75, 3.05) is 6.54 Å². The minimum atomic E-state index is -0.0381. The number of furan rings is 1. The van der Waals surface area contributed by atoms with Crippen molar-refractivity contribution in [3.63, 3.8) is 0 Å². The molecule has 21 heavy (non-hydrogen) atoms. The van der Waals surface area contributed by atoms with Gasteiger partial charge in [0.05, 0.1) is 24.9 Å². The van der Waals surface area contributed by atoms with Crippen LogP contribution in [0, 0.1) is 0 Å². The molecule has 2 rings (SSSR count). The molecule has 112 valence electrons. The fraction of sp³-hybridized carbons (Fsp3) is 0.312. The zero-order valence-electron chi connectivity index (χ0n) is 12.1. The maximum atomic E-state index is 12.0. The molecule has 5 heteroatoms. The lowest BCUT2D eigenvalue weighted by atomic mass is 10.1. The van der Waals surface area contributed by atoms with E-state index in [0.717, 1.165) is 15.8 Å². The summed E-state index contributed by atoms with van der Waals surface area (Å²) in [7, 11) is 0. The smallest absolute Gasteiger partial charge is 0.234 e. The first-order valence-electron chi connectivity index (χ1n) is 6.88. The predicted molar refractivity (Wildman–Crippen MR) is 85.8 cm³/mol. The standard InChI is InChI=1S/C16H19BrN2O2/c1-11(13-5-7-14(17)8-6-13)19-16(20)10-18-12(2)15-4-3-9-21-15/h3-9,11-12,18H,10H2,1-2H3,(H,19,20)/t11-,12+/m0/s1. The van der Waals surface area contributed by atoms with Gasteiger partial charge in [0.25, 0.3) is 0 Å². The van der Waals surface area contributed by atoms with Crippen LogP contribution in [0.15, 0.2) is 51.6 Å². The Labute approximate surface area is 133 Å². The summed E-state index contributed by atoms with van der Waals surface area (Å²) in [5, 5.41) is 6.11. The van der Waals surface area contributed by atoms with Crippen LogP contribution in [0.4, 0.5) is 0 Å². The summed E-state index contributed by atoms with van der Waals surface area (Å²) >= 11 is 3.40. The second-order valence-corrected chi connectivity index (χ2v) is 5.87. The summed E-state index contributed by atoms with van der Waals surface area (Å²) in [5.41, 5.74) is 1.07. The van der Waals surface area contributed by atoms with E-state index in [2.05, 4.69) is 26.6 Å². The molecular formula is C16H19BrN2O2. The molecule has 0 unspecified atom stereocenters. The average Bonchev–Trinajstić information content (AvgIpc) is 2.99. The van der Waals surface area contributed by atoms with Gasteiger partial charge >= 0.3 is 0 Å². The van der Waals surface area contributed by atoms with E-state index in [1.54, 1.807) is 6.26 Å². The van der Waals surface area contributed by atoms with E-state index in [0.29, 0.717) is 0 Å². The molecule has 2 atom stereocenters. The van der Waals surface area contributed by atoms with Crippen LogP contribution in [0.25, 0.3) is 0 Å². The van der Waals surface area contributed by atoms with E-state index in [4.69, 9.17) is 4.42 Å². The first kappa shape index (κ1) is 15.8. The van der Waals surface area contributed by atoms with Crippen LogP contribution >= 0.6 is 15.9 Å². The Bertz CT molecular complexity index is 566. The number of hydrogen-bond donors (Lipinski definition) is 2. The largest absolute Gasteiger partial charge is 0.468 e. The van der Waals surface area contributed by atoms with E-state index < -0.39 is 0 Å². The van der Waals surface area contributed by atoms with Gasteiger partial charge in [-0.25, -0.2) is 0 Å². The molecule has 0 bridgehead atoms. The van der Waals surface area contributed by atoms with E-state index >= 15 is 0 Å². The van der Waals surface area contributed by atoms with Gasteiger partial charge in [-0.2, -0.15) is 0 Å². The number of amides is 1. The lowest BCUT2D eigenvalue weighted by Crippen LogP contribution is -2.36. The van der Waals surface area contributed by atoms with Crippen molar-refractivity contribution in [2.24, 2.45) is 0 Å². The highest BCUT2D eigenvalue weighted by molar-refractivity contribution is 9.10. The lowest BCUT2D eigenvalue weighted by Gasteiger charge is -2.16. The molecule has 0 aliphatic heterocycles. The lowest BCUT2D eigenvalue weighted by molar-refractivity contribution is -0.121. The van der Waals surface area contributed by atoms with Gasteiger partial charge in [-0.05, 0) is 43.7 Å². The van der Waals surface area contributed by atoms with E-state index in [9.17, 15) is 4.79 Å². The van der Waals surface area contributed by atoms with Crippen LogP contribution in [-0.4, -0.2) is 12.5 Å². The SMILES string of the molecule is C[C@H](NC(=O)CN[C@H](C)c1ccco1)c1ccc(Br)cc1. The number of nitrogens with one attached hydrogen (secondary N) is 2. The zero-order chi connectivity index (χ0) is 15.2. The third-order valence-corrected chi connectivity index (χ3v) is 3.81. The van der Waals surface area contributed by atoms with Crippen molar-refractivity contribution in [3.05, 3.63) is 58.5 Å². The van der Waals surface area contributed by atoms with Crippen LogP contribution in [0.2, 0.25) is 0 Å². The van der Waals surface area contributed by atoms with Crippen molar-refractivity contribution in [1.82, 2.24) is 10.6 Å². The second kappa shape index (κ2) is 7.43. The van der Waals surface area contributed by atoms with Gasteiger partial charge in [0, 0.05) is 4.47 Å². The highest BCUT2D eigenvalue weighted by Crippen LogP contribution is 2.16. The van der Waals surface area contributed by atoms with Crippen LogP contribution in [0.5, 0.6) is 0 Å². The third-order valence-electron chi connectivity index (χ3n) is 3.29. The Morgan fingerprint density at radius 3 is 2.52 bits per heavy atom. The molecule has 1 amide bonds. The molecule has 1 aromatic heterocycles. The van der Waals surface area contributed by atoms with Crippen LogP contribution in [-0.2, 0) is 4.79 Å². The summed E-state index contributed by atoms with van der Waals surface area (Å²) in [5.74, 6) is 0.785. The molecule has 0 radical (unpaired) electrons. The molecule has 0 aliphatic carbocycles. The van der Waals surface area contributed by atoms with Gasteiger partial charge in [-0.3, -0.25) is 10.1 Å². The zero-order valence-corrected chi connectivity index (χ0v) is 13.7. The molecule has 1 heterocycles. The van der Waals surface area contributed by atoms with Gasteiger partial charge in [0.15, 0.2) is 0 Å². The minimum Gasteiger partial charge on any atom is -0.468 e. The summed E-state index contributed by atoms with van der Waals surface area (Å²) in [6, 6.07) is 11.6. The molecule has 4 nitrogen and oxygen atoms in total. The number of hydrogen-bond acceptors (Lipinski definition) is 3. The van der Waals surface area contributed by atoms with Crippen molar-refractivity contribution in [2.45, 2.75) is 25.9 Å². The first-order valence-corrected chi connectivity index (χ1v) is 7.67. The molecule has 1 aromatic carbocycles. The van der Waals surface area contributed by atoms with Crippen molar-refractivity contribution >= 4 is 21.8 Å². The van der Waals surface area contributed by atoms with E-state index in [-0.39, 0.29) is 24.5 Å². The van der Waals surface area contributed by atoms with Gasteiger partial charge < -0.3 is 9.73 Å². The van der Waals surface area contributed by atoms with Gasteiger partial charge in [0.1, 0.15) is 5.76 Å². The molecule has 0 spiro atoms. The maximum Gasteiger partial charge on any atom is 0.234 e. The summed E-state index contributed by atoms with van der Waals surface area (Å²) in [6.07, 6.45) is 1.63. The highest BCUT2D eigenvalue weighted by Gasteiger charge is 2.12. The Morgan fingerprint density at radius 1 is 1.19 bits per heavy atom. The number of carbonyl (C=O) groups excluding carboxylic acids is 1.